The lowest BCUT2D eigenvalue weighted by molar-refractivity contribution is -0.139. The average molecular weight is 383 g/mol. The average Bonchev–Trinajstić information content (AvgIpc) is 3.18. The van der Waals surface area contributed by atoms with Gasteiger partial charge in [0.15, 0.2) is 0 Å². The summed E-state index contributed by atoms with van der Waals surface area (Å²) in [6.07, 6.45) is 1.51. The summed E-state index contributed by atoms with van der Waals surface area (Å²) < 4.78 is 10.7. The van der Waals surface area contributed by atoms with Gasteiger partial charge in [-0.2, -0.15) is 0 Å². The van der Waals surface area contributed by atoms with E-state index in [1.54, 1.807) is 19.1 Å². The topological polar surface area (TPSA) is 83.8 Å². The Labute approximate surface area is 164 Å². The van der Waals surface area contributed by atoms with Crippen LogP contribution in [0.3, 0.4) is 0 Å². The zero-order valence-electron chi connectivity index (χ0n) is 16.3. The quantitative estimate of drug-likeness (QED) is 0.719. The smallest absolute Gasteiger partial charge is 0.338 e. The van der Waals surface area contributed by atoms with Crippen molar-refractivity contribution < 1.29 is 18.7 Å². The first kappa shape index (κ1) is 19.7. The maximum atomic E-state index is 12.7. The summed E-state index contributed by atoms with van der Waals surface area (Å²) >= 11 is 0. The fraction of sp³-hybridized carbons (Fsp3) is 0.333. The van der Waals surface area contributed by atoms with Gasteiger partial charge >= 0.3 is 12.0 Å². The number of furan rings is 1. The zero-order chi connectivity index (χ0) is 20.1. The van der Waals surface area contributed by atoms with Crippen LogP contribution in [0, 0.1) is 6.92 Å². The van der Waals surface area contributed by atoms with Crippen LogP contribution in [0.1, 0.15) is 29.9 Å². The Morgan fingerprint density at radius 2 is 1.96 bits per heavy atom. The fourth-order valence-electron chi connectivity index (χ4n) is 3.19. The number of ether oxygens (including phenoxy) is 1. The molecule has 0 spiro atoms. The van der Waals surface area contributed by atoms with Gasteiger partial charge in [-0.3, -0.25) is 4.90 Å². The summed E-state index contributed by atoms with van der Waals surface area (Å²) in [5, 5.41) is 5.52. The molecule has 1 aliphatic rings. The van der Waals surface area contributed by atoms with Gasteiger partial charge in [0.1, 0.15) is 11.8 Å². The number of hydrogen-bond acceptors (Lipinski definition) is 5. The van der Waals surface area contributed by atoms with Crippen LogP contribution in [-0.2, 0) is 16.1 Å². The standard InChI is InChI=1S/C21H25N3O4/c1-4-27-20(25)18-16(13-24(3)12-15-9-7-14(2)8-10-15)22-21(26)23-19(18)17-6-5-11-28-17/h5-11,19H,4,12-13H2,1-3H3,(H2,22,23,26). The monoisotopic (exact) mass is 383 g/mol. The third-order valence-electron chi connectivity index (χ3n) is 4.48. The molecule has 1 aromatic carbocycles. The lowest BCUT2D eigenvalue weighted by Crippen LogP contribution is -2.48. The number of esters is 1. The first-order valence-corrected chi connectivity index (χ1v) is 9.23. The number of benzene rings is 1. The van der Waals surface area contributed by atoms with Crippen molar-refractivity contribution in [1.29, 1.82) is 0 Å². The molecule has 1 atom stereocenters. The highest BCUT2D eigenvalue weighted by Crippen LogP contribution is 2.28. The molecule has 0 radical (unpaired) electrons. The van der Waals surface area contributed by atoms with Gasteiger partial charge in [0.05, 0.1) is 18.4 Å². The Morgan fingerprint density at radius 1 is 1.21 bits per heavy atom. The van der Waals surface area contributed by atoms with Crippen molar-refractivity contribution in [3.8, 4) is 0 Å². The second kappa shape index (κ2) is 8.75. The molecular formula is C21H25N3O4. The number of nitrogens with zero attached hydrogens (tertiary/aromatic N) is 1. The van der Waals surface area contributed by atoms with Crippen molar-refractivity contribution in [2.24, 2.45) is 0 Å². The lowest BCUT2D eigenvalue weighted by Gasteiger charge is -2.30. The largest absolute Gasteiger partial charge is 0.467 e. The van der Waals surface area contributed by atoms with E-state index in [2.05, 4.69) is 34.9 Å². The van der Waals surface area contributed by atoms with Gasteiger partial charge in [-0.15, -0.1) is 0 Å². The molecule has 1 unspecified atom stereocenters. The molecule has 2 N–H and O–H groups in total. The van der Waals surface area contributed by atoms with Gasteiger partial charge in [-0.1, -0.05) is 29.8 Å². The third-order valence-corrected chi connectivity index (χ3v) is 4.48. The maximum absolute atomic E-state index is 12.7. The normalized spacial score (nSPS) is 16.7. The second-order valence-corrected chi connectivity index (χ2v) is 6.82. The maximum Gasteiger partial charge on any atom is 0.338 e. The minimum Gasteiger partial charge on any atom is -0.467 e. The van der Waals surface area contributed by atoms with Gasteiger partial charge in [0, 0.05) is 18.8 Å². The number of hydrogen-bond donors (Lipinski definition) is 2. The molecule has 0 saturated heterocycles. The Hall–Kier alpha value is -3.06. The van der Waals surface area contributed by atoms with Gasteiger partial charge in [-0.05, 0) is 38.6 Å². The van der Waals surface area contributed by atoms with E-state index in [1.165, 1.54) is 11.8 Å². The summed E-state index contributed by atoms with van der Waals surface area (Å²) in [5.41, 5.74) is 3.21. The number of nitrogens with one attached hydrogen (secondary N) is 2. The summed E-state index contributed by atoms with van der Waals surface area (Å²) in [6.45, 7) is 5.09. The lowest BCUT2D eigenvalue weighted by atomic mass is 10.00. The number of carbonyl (C=O) groups is 2. The SMILES string of the molecule is CCOC(=O)C1=C(CN(C)Cc2ccc(C)cc2)NC(=O)NC1c1ccco1. The number of amides is 2. The van der Waals surface area contributed by atoms with Crippen LogP contribution in [0.2, 0.25) is 0 Å². The van der Waals surface area contributed by atoms with E-state index in [-0.39, 0.29) is 12.6 Å². The Morgan fingerprint density at radius 3 is 2.61 bits per heavy atom. The van der Waals surface area contributed by atoms with E-state index in [4.69, 9.17) is 9.15 Å². The van der Waals surface area contributed by atoms with Crippen LogP contribution in [0.4, 0.5) is 4.79 Å². The highest BCUT2D eigenvalue weighted by atomic mass is 16.5. The van der Waals surface area contributed by atoms with Crippen molar-refractivity contribution in [1.82, 2.24) is 15.5 Å². The Bertz CT molecular complexity index is 856. The number of rotatable bonds is 7. The minimum absolute atomic E-state index is 0.244. The third kappa shape index (κ3) is 4.61. The number of likely N-dealkylation sites (N-methyl/N-ethyl adjacent to an activating group) is 1. The van der Waals surface area contributed by atoms with Crippen LogP contribution in [-0.4, -0.2) is 37.1 Å². The van der Waals surface area contributed by atoms with Crippen molar-refractivity contribution in [2.75, 3.05) is 20.2 Å². The molecule has 1 aromatic heterocycles. The van der Waals surface area contributed by atoms with E-state index in [9.17, 15) is 9.59 Å². The molecule has 2 amide bonds. The molecule has 2 heterocycles. The van der Waals surface area contributed by atoms with Crippen LogP contribution in [0.15, 0.2) is 58.3 Å². The summed E-state index contributed by atoms with van der Waals surface area (Å²) in [6, 6.07) is 10.6. The fourth-order valence-corrected chi connectivity index (χ4v) is 3.19. The van der Waals surface area contributed by atoms with Gasteiger partial charge in [0.2, 0.25) is 0 Å². The van der Waals surface area contributed by atoms with E-state index in [0.717, 1.165) is 5.56 Å². The molecule has 7 nitrogen and oxygen atoms in total. The van der Waals surface area contributed by atoms with Crippen LogP contribution in [0.5, 0.6) is 0 Å². The molecule has 28 heavy (non-hydrogen) atoms. The van der Waals surface area contributed by atoms with Crippen molar-refractivity contribution >= 4 is 12.0 Å². The minimum atomic E-state index is -0.689. The van der Waals surface area contributed by atoms with Gasteiger partial charge in [0.25, 0.3) is 0 Å². The number of aryl methyl sites for hydroxylation is 1. The van der Waals surface area contributed by atoms with Crippen LogP contribution >= 0.6 is 0 Å². The Kier molecular flexibility index (Phi) is 6.16. The molecule has 0 bridgehead atoms. The molecule has 0 fully saturated rings. The van der Waals surface area contributed by atoms with Crippen LogP contribution in [0.25, 0.3) is 0 Å². The first-order chi connectivity index (χ1) is 13.5. The molecule has 0 aliphatic carbocycles. The zero-order valence-corrected chi connectivity index (χ0v) is 16.3. The highest BCUT2D eigenvalue weighted by Gasteiger charge is 2.35. The van der Waals surface area contributed by atoms with Crippen molar-refractivity contribution in [2.45, 2.75) is 26.4 Å². The van der Waals surface area contributed by atoms with E-state index >= 15 is 0 Å². The summed E-state index contributed by atoms with van der Waals surface area (Å²) in [5.74, 6) is 0.00623. The highest BCUT2D eigenvalue weighted by molar-refractivity contribution is 5.95. The van der Waals surface area contributed by atoms with E-state index in [1.807, 2.05) is 18.9 Å². The van der Waals surface area contributed by atoms with Crippen molar-refractivity contribution in [3.05, 3.63) is 70.8 Å². The number of carbonyl (C=O) groups excluding carboxylic acids is 2. The molecule has 2 aromatic rings. The summed E-state index contributed by atoms with van der Waals surface area (Å²) in [4.78, 5) is 26.9. The van der Waals surface area contributed by atoms with Gasteiger partial charge < -0.3 is 19.8 Å². The second-order valence-electron chi connectivity index (χ2n) is 6.82. The number of urea groups is 1. The Balaban J connectivity index is 1.87. The summed E-state index contributed by atoms with van der Waals surface area (Å²) in [7, 11) is 1.94. The van der Waals surface area contributed by atoms with E-state index in [0.29, 0.717) is 30.1 Å². The van der Waals surface area contributed by atoms with E-state index < -0.39 is 12.0 Å². The van der Waals surface area contributed by atoms with Gasteiger partial charge in [-0.25, -0.2) is 9.59 Å². The molecule has 1 aliphatic heterocycles. The van der Waals surface area contributed by atoms with Crippen molar-refractivity contribution in [3.63, 3.8) is 0 Å². The first-order valence-electron chi connectivity index (χ1n) is 9.23. The predicted octanol–water partition coefficient (Wildman–Crippen LogP) is 2.89. The molecule has 0 saturated carbocycles. The molecular weight excluding hydrogens is 358 g/mol. The molecule has 3 rings (SSSR count). The predicted molar refractivity (Wildman–Crippen MR) is 104 cm³/mol. The molecule has 148 valence electrons. The van der Waals surface area contributed by atoms with Crippen LogP contribution < -0.4 is 10.6 Å². The molecule has 7 heteroatoms.